The van der Waals surface area contributed by atoms with Crippen LogP contribution in [0.2, 0.25) is 0 Å². The highest BCUT2D eigenvalue weighted by molar-refractivity contribution is 9.10. The number of rotatable bonds is 12. The molecule has 226 valence electrons. The first-order valence-corrected chi connectivity index (χ1v) is 17.0. The lowest BCUT2D eigenvalue weighted by atomic mass is 10.1. The van der Waals surface area contributed by atoms with E-state index in [0.717, 1.165) is 19.2 Å². The van der Waals surface area contributed by atoms with Gasteiger partial charge >= 0.3 is 0 Å². The number of ether oxygens (including phenoxy) is 1. The lowest BCUT2D eigenvalue weighted by Crippen LogP contribution is -2.54. The summed E-state index contributed by atoms with van der Waals surface area (Å²) in [5.74, 6) is -0.281. The van der Waals surface area contributed by atoms with E-state index in [4.69, 9.17) is 4.74 Å². The number of carbonyl (C=O) groups excluding carboxylic acids is 2. The van der Waals surface area contributed by atoms with Crippen LogP contribution in [0, 0.1) is 0 Å². The molecule has 0 aliphatic carbocycles. The van der Waals surface area contributed by atoms with Crippen molar-refractivity contribution >= 4 is 55.2 Å². The third kappa shape index (κ3) is 8.99. The number of hydrogen-bond donors (Lipinski definition) is 1. The summed E-state index contributed by atoms with van der Waals surface area (Å²) in [6.07, 6.45) is 1.91. The molecule has 1 unspecified atom stereocenters. The lowest BCUT2D eigenvalue weighted by molar-refractivity contribution is -0.140. The molecule has 0 aliphatic heterocycles. The first-order chi connectivity index (χ1) is 19.7. The Morgan fingerprint density at radius 1 is 1.02 bits per heavy atom. The van der Waals surface area contributed by atoms with Gasteiger partial charge in [0, 0.05) is 21.5 Å². The van der Waals surface area contributed by atoms with Crippen LogP contribution < -0.4 is 14.4 Å². The molecule has 8 nitrogen and oxygen atoms in total. The monoisotopic (exact) mass is 675 g/mol. The number of carbonyl (C=O) groups is 2. The van der Waals surface area contributed by atoms with E-state index in [1.165, 1.54) is 28.8 Å². The molecule has 1 atom stereocenters. The Balaban J connectivity index is 2.05. The van der Waals surface area contributed by atoms with E-state index in [1.54, 1.807) is 43.3 Å². The summed E-state index contributed by atoms with van der Waals surface area (Å²) in [5.41, 5.74) is 0.572. The number of nitrogens with one attached hydrogen (secondary N) is 1. The number of benzene rings is 3. The molecule has 0 bridgehead atoms. The molecule has 0 fully saturated rings. The van der Waals surface area contributed by atoms with Crippen LogP contribution in [0.3, 0.4) is 0 Å². The summed E-state index contributed by atoms with van der Waals surface area (Å²) >= 11 is 4.96. The SMILES string of the molecule is CCOc1ccc(N(CC(=O)N(Cc2cccc(Br)c2)C(C)C(=O)NC(C)(C)C)S(=O)(=O)c2ccc(SC)cc2)cc1. The Bertz CT molecular complexity index is 1470. The van der Waals surface area contributed by atoms with Gasteiger partial charge in [-0.3, -0.25) is 13.9 Å². The average Bonchev–Trinajstić information content (AvgIpc) is 2.94. The van der Waals surface area contributed by atoms with Crippen molar-refractivity contribution in [3.63, 3.8) is 0 Å². The maximum atomic E-state index is 14.1. The van der Waals surface area contributed by atoms with Gasteiger partial charge in [-0.1, -0.05) is 28.1 Å². The second-order valence-corrected chi connectivity index (χ2v) is 14.3. The molecule has 42 heavy (non-hydrogen) atoms. The summed E-state index contributed by atoms with van der Waals surface area (Å²) in [5, 5.41) is 2.93. The zero-order chi connectivity index (χ0) is 31.1. The molecule has 0 spiro atoms. The average molecular weight is 677 g/mol. The molecular formula is C31H38BrN3O5S2. The van der Waals surface area contributed by atoms with Gasteiger partial charge in [0.25, 0.3) is 10.0 Å². The van der Waals surface area contributed by atoms with Crippen molar-refractivity contribution in [3.8, 4) is 5.75 Å². The Hall–Kier alpha value is -3.02. The second kappa shape index (κ2) is 14.4. The summed E-state index contributed by atoms with van der Waals surface area (Å²) in [7, 11) is -4.16. The maximum absolute atomic E-state index is 14.1. The minimum atomic E-state index is -4.16. The van der Waals surface area contributed by atoms with Crippen LogP contribution in [0.15, 0.2) is 87.1 Å². The minimum Gasteiger partial charge on any atom is -0.494 e. The van der Waals surface area contributed by atoms with E-state index in [1.807, 2.05) is 58.2 Å². The van der Waals surface area contributed by atoms with Crippen LogP contribution in [0.4, 0.5) is 5.69 Å². The fraction of sp³-hybridized carbons (Fsp3) is 0.355. The third-order valence-corrected chi connectivity index (χ3v) is 9.29. The highest BCUT2D eigenvalue weighted by Crippen LogP contribution is 2.28. The highest BCUT2D eigenvalue weighted by atomic mass is 79.9. The van der Waals surface area contributed by atoms with Gasteiger partial charge in [0.2, 0.25) is 11.8 Å². The van der Waals surface area contributed by atoms with Crippen molar-refractivity contribution in [2.24, 2.45) is 0 Å². The summed E-state index contributed by atoms with van der Waals surface area (Å²) in [4.78, 5) is 29.7. The van der Waals surface area contributed by atoms with Crippen LogP contribution >= 0.6 is 27.7 Å². The Kier molecular flexibility index (Phi) is 11.5. The normalized spacial score (nSPS) is 12.4. The molecule has 3 rings (SSSR count). The zero-order valence-electron chi connectivity index (χ0n) is 24.8. The lowest BCUT2D eigenvalue weighted by Gasteiger charge is -2.33. The summed E-state index contributed by atoms with van der Waals surface area (Å²) < 4.78 is 35.5. The van der Waals surface area contributed by atoms with Gasteiger partial charge in [-0.2, -0.15) is 0 Å². The number of thioether (sulfide) groups is 1. The minimum absolute atomic E-state index is 0.0547. The summed E-state index contributed by atoms with van der Waals surface area (Å²) in [6, 6.07) is 19.6. The number of hydrogen-bond acceptors (Lipinski definition) is 6. The Morgan fingerprint density at radius 3 is 2.21 bits per heavy atom. The van der Waals surface area contributed by atoms with Gasteiger partial charge in [0.1, 0.15) is 18.3 Å². The van der Waals surface area contributed by atoms with Gasteiger partial charge in [-0.25, -0.2) is 8.42 Å². The molecule has 0 radical (unpaired) electrons. The number of halogens is 1. The topological polar surface area (TPSA) is 96.0 Å². The molecule has 11 heteroatoms. The van der Waals surface area contributed by atoms with Crippen molar-refractivity contribution in [1.29, 1.82) is 0 Å². The zero-order valence-corrected chi connectivity index (χ0v) is 28.0. The maximum Gasteiger partial charge on any atom is 0.264 e. The molecule has 2 amide bonds. The van der Waals surface area contributed by atoms with Crippen molar-refractivity contribution in [3.05, 3.63) is 82.8 Å². The molecule has 0 aliphatic rings. The highest BCUT2D eigenvalue weighted by Gasteiger charge is 2.33. The van der Waals surface area contributed by atoms with Gasteiger partial charge in [0.15, 0.2) is 0 Å². The molecule has 0 aromatic heterocycles. The number of sulfonamides is 1. The number of amides is 2. The third-order valence-electron chi connectivity index (χ3n) is 6.27. The van der Waals surface area contributed by atoms with Crippen LogP contribution in [0.1, 0.15) is 40.2 Å². The molecule has 3 aromatic carbocycles. The van der Waals surface area contributed by atoms with Gasteiger partial charge in [-0.15, -0.1) is 11.8 Å². The van der Waals surface area contributed by atoms with E-state index < -0.39 is 34.1 Å². The molecule has 0 saturated heterocycles. The van der Waals surface area contributed by atoms with Gasteiger partial charge in [0.05, 0.1) is 17.2 Å². The van der Waals surface area contributed by atoms with Crippen molar-refractivity contribution in [1.82, 2.24) is 10.2 Å². The van der Waals surface area contributed by atoms with E-state index in [-0.39, 0.29) is 17.3 Å². The van der Waals surface area contributed by atoms with E-state index >= 15 is 0 Å². The number of anilines is 1. The Morgan fingerprint density at radius 2 is 1.67 bits per heavy atom. The fourth-order valence-electron chi connectivity index (χ4n) is 4.17. The first kappa shape index (κ1) is 33.5. The second-order valence-electron chi connectivity index (χ2n) is 10.7. The van der Waals surface area contributed by atoms with E-state index in [2.05, 4.69) is 21.2 Å². The van der Waals surface area contributed by atoms with Crippen LogP contribution in [-0.4, -0.2) is 56.1 Å². The van der Waals surface area contributed by atoms with Crippen molar-refractivity contribution < 1.29 is 22.7 Å². The molecule has 0 saturated carbocycles. The van der Waals surface area contributed by atoms with Gasteiger partial charge in [-0.05, 0) is 107 Å². The molecule has 0 heterocycles. The van der Waals surface area contributed by atoms with Crippen LogP contribution in [0.25, 0.3) is 0 Å². The first-order valence-electron chi connectivity index (χ1n) is 13.5. The van der Waals surface area contributed by atoms with Crippen LogP contribution in [0.5, 0.6) is 5.75 Å². The molecular weight excluding hydrogens is 638 g/mol. The molecule has 1 N–H and O–H groups in total. The smallest absolute Gasteiger partial charge is 0.264 e. The number of nitrogens with zero attached hydrogens (tertiary/aromatic N) is 2. The van der Waals surface area contributed by atoms with Gasteiger partial charge < -0.3 is 15.0 Å². The largest absolute Gasteiger partial charge is 0.494 e. The van der Waals surface area contributed by atoms with E-state index in [0.29, 0.717) is 18.0 Å². The van der Waals surface area contributed by atoms with Crippen molar-refractivity contribution in [2.75, 3.05) is 23.7 Å². The standard InChI is InChI=1S/C31H38BrN3O5S2/c1-7-40-26-13-11-25(12-14-26)35(42(38,39)28-17-15-27(41-6)16-18-28)21-29(36)34(20-23-9-8-10-24(32)19-23)22(2)30(37)33-31(3,4)5/h8-19,22H,7,20-21H2,1-6H3,(H,33,37). The van der Waals surface area contributed by atoms with Crippen LogP contribution in [-0.2, 0) is 26.2 Å². The Labute approximate surface area is 262 Å². The van der Waals surface area contributed by atoms with E-state index in [9.17, 15) is 18.0 Å². The predicted octanol–water partition coefficient (Wildman–Crippen LogP) is 6.10. The quantitative estimate of drug-likeness (QED) is 0.233. The fourth-order valence-corrected chi connectivity index (χ4v) is 6.44. The molecule has 3 aromatic rings. The van der Waals surface area contributed by atoms with Crippen molar-refractivity contribution in [2.45, 2.75) is 62.5 Å². The predicted molar refractivity (Wildman–Crippen MR) is 172 cm³/mol. The summed E-state index contributed by atoms with van der Waals surface area (Å²) in [6.45, 7) is 9.15.